The van der Waals surface area contributed by atoms with Crippen molar-refractivity contribution in [2.24, 2.45) is 5.73 Å². The predicted octanol–water partition coefficient (Wildman–Crippen LogP) is 10.0. The summed E-state index contributed by atoms with van der Waals surface area (Å²) in [4.78, 5) is 22.7. The first-order valence-corrected chi connectivity index (χ1v) is 22.2. The summed E-state index contributed by atoms with van der Waals surface area (Å²) in [6, 6.07) is -0.888. The van der Waals surface area contributed by atoms with Gasteiger partial charge in [0.1, 0.15) is 0 Å². The number of aliphatic hydroxyl groups is 2. The lowest BCUT2D eigenvalue weighted by atomic mass is 10.0. The average Bonchev–Trinajstić information content (AvgIpc) is 3.07. The summed E-state index contributed by atoms with van der Waals surface area (Å²) in [6.45, 7) is 4.03. The van der Waals surface area contributed by atoms with Crippen molar-refractivity contribution in [3.8, 4) is 0 Å². The second kappa shape index (κ2) is 35.8. The Morgan fingerprint density at radius 1 is 0.612 bits per heavy atom. The Kier molecular flexibility index (Phi) is 35.4. The van der Waals surface area contributed by atoms with Crippen molar-refractivity contribution in [3.05, 3.63) is 0 Å². The van der Waals surface area contributed by atoms with Gasteiger partial charge in [0.15, 0.2) is 0 Å². The highest BCUT2D eigenvalue weighted by Gasteiger charge is 2.28. The number of nitrogens with one attached hydrogen (secondary N) is 1. The van der Waals surface area contributed by atoms with Crippen LogP contribution in [0, 0.1) is 0 Å². The molecule has 4 atom stereocenters. The molecule has 1 amide bonds. The van der Waals surface area contributed by atoms with Gasteiger partial charge in [-0.25, -0.2) is 4.57 Å². The fourth-order valence-corrected chi connectivity index (χ4v) is 7.12. The molecule has 0 aromatic heterocycles. The zero-order chi connectivity index (χ0) is 36.3. The number of aliphatic hydroxyl groups excluding tert-OH is 2. The summed E-state index contributed by atoms with van der Waals surface area (Å²) >= 11 is 0. The van der Waals surface area contributed by atoms with Gasteiger partial charge >= 0.3 is 7.82 Å². The quantitative estimate of drug-likeness (QED) is 0.0311. The van der Waals surface area contributed by atoms with Crippen LogP contribution in [0.2, 0.25) is 0 Å². The summed E-state index contributed by atoms with van der Waals surface area (Å²) < 4.78 is 22.0. The molecule has 0 fully saturated rings. The van der Waals surface area contributed by atoms with Gasteiger partial charge in [0.25, 0.3) is 0 Å². The Balaban J connectivity index is 4.16. The molecule has 0 aromatic carbocycles. The van der Waals surface area contributed by atoms with Crippen LogP contribution >= 0.6 is 7.82 Å². The third-order valence-electron chi connectivity index (χ3n) is 9.52. The maximum atomic E-state index is 12.8. The van der Waals surface area contributed by atoms with Gasteiger partial charge < -0.3 is 26.2 Å². The van der Waals surface area contributed by atoms with E-state index in [0.29, 0.717) is 12.8 Å². The van der Waals surface area contributed by atoms with E-state index in [1.807, 2.05) is 0 Å². The van der Waals surface area contributed by atoms with Crippen molar-refractivity contribution in [1.82, 2.24) is 5.32 Å². The summed E-state index contributed by atoms with van der Waals surface area (Å²) in [5.74, 6) is -0.412. The minimum Gasteiger partial charge on any atom is -0.393 e. The largest absolute Gasteiger partial charge is 0.472 e. The number of phosphoric ester groups is 1. The number of nitrogens with two attached hydrogens (primary N) is 1. The Labute approximate surface area is 302 Å². The Morgan fingerprint density at radius 3 is 1.37 bits per heavy atom. The zero-order valence-corrected chi connectivity index (χ0v) is 33.0. The highest BCUT2D eigenvalue weighted by atomic mass is 31.2. The SMILES string of the molecule is CCCCCCCCCCCCCCCCCCCCC(O)CC(=O)NC(COP(=O)(O)OCCN)C(O)CCCCCCCCCCC. The van der Waals surface area contributed by atoms with E-state index in [1.165, 1.54) is 135 Å². The van der Waals surface area contributed by atoms with E-state index >= 15 is 0 Å². The third kappa shape index (κ3) is 34.3. The van der Waals surface area contributed by atoms with E-state index in [9.17, 15) is 24.5 Å². The molecule has 4 unspecified atom stereocenters. The molecule has 294 valence electrons. The molecule has 0 aliphatic heterocycles. The fraction of sp³-hybridized carbons (Fsp3) is 0.974. The first-order chi connectivity index (χ1) is 23.8. The van der Waals surface area contributed by atoms with E-state index < -0.39 is 32.0 Å². The molecule has 0 aliphatic rings. The first kappa shape index (κ1) is 48.5. The molecule has 9 nitrogen and oxygen atoms in total. The van der Waals surface area contributed by atoms with Gasteiger partial charge in [0.05, 0.1) is 37.9 Å². The first-order valence-electron chi connectivity index (χ1n) is 20.7. The van der Waals surface area contributed by atoms with Crippen molar-refractivity contribution in [2.75, 3.05) is 19.8 Å². The molecule has 6 N–H and O–H groups in total. The highest BCUT2D eigenvalue weighted by molar-refractivity contribution is 7.47. The smallest absolute Gasteiger partial charge is 0.393 e. The molecule has 49 heavy (non-hydrogen) atoms. The Morgan fingerprint density at radius 2 is 0.980 bits per heavy atom. The average molecular weight is 721 g/mol. The van der Waals surface area contributed by atoms with Gasteiger partial charge in [-0.2, -0.15) is 0 Å². The van der Waals surface area contributed by atoms with Crippen LogP contribution in [0.15, 0.2) is 0 Å². The van der Waals surface area contributed by atoms with Gasteiger partial charge in [-0.05, 0) is 12.8 Å². The zero-order valence-electron chi connectivity index (χ0n) is 32.1. The van der Waals surface area contributed by atoms with Crippen LogP contribution < -0.4 is 11.1 Å². The van der Waals surface area contributed by atoms with Crippen LogP contribution in [0.5, 0.6) is 0 Å². The van der Waals surface area contributed by atoms with Gasteiger partial charge in [-0.3, -0.25) is 13.8 Å². The normalized spacial score (nSPS) is 14.8. The molecular weight excluding hydrogens is 639 g/mol. The van der Waals surface area contributed by atoms with E-state index in [2.05, 4.69) is 19.2 Å². The molecule has 0 aromatic rings. The van der Waals surface area contributed by atoms with Crippen LogP contribution in [0.1, 0.15) is 206 Å². The third-order valence-corrected chi connectivity index (χ3v) is 10.5. The number of unbranched alkanes of at least 4 members (excludes halogenated alkanes) is 25. The highest BCUT2D eigenvalue weighted by Crippen LogP contribution is 2.43. The van der Waals surface area contributed by atoms with Crippen LogP contribution in [-0.4, -0.2) is 59.0 Å². The lowest BCUT2D eigenvalue weighted by Crippen LogP contribution is -2.47. The van der Waals surface area contributed by atoms with E-state index in [1.54, 1.807) is 0 Å². The lowest BCUT2D eigenvalue weighted by Gasteiger charge is -2.25. The number of hydrogen-bond acceptors (Lipinski definition) is 7. The van der Waals surface area contributed by atoms with Gasteiger partial charge in [0, 0.05) is 6.54 Å². The molecule has 0 spiro atoms. The number of hydrogen-bond donors (Lipinski definition) is 5. The van der Waals surface area contributed by atoms with Crippen LogP contribution in [-0.2, 0) is 18.4 Å². The number of phosphoric acid groups is 1. The second-order valence-electron chi connectivity index (χ2n) is 14.4. The number of carbonyl (C=O) groups is 1. The fourth-order valence-electron chi connectivity index (χ4n) is 6.36. The number of carbonyl (C=O) groups excluding carboxylic acids is 1. The molecule has 0 aliphatic carbocycles. The molecule has 0 bridgehead atoms. The summed E-state index contributed by atoms with van der Waals surface area (Å²) in [6.07, 6.45) is 33.0. The van der Waals surface area contributed by atoms with Crippen molar-refractivity contribution < 1.29 is 33.5 Å². The number of rotatable bonds is 39. The van der Waals surface area contributed by atoms with Crippen molar-refractivity contribution in [1.29, 1.82) is 0 Å². The minimum absolute atomic E-state index is 0.0622. The van der Waals surface area contributed by atoms with Crippen LogP contribution in [0.25, 0.3) is 0 Å². The van der Waals surface area contributed by atoms with E-state index in [-0.39, 0.29) is 26.2 Å². The van der Waals surface area contributed by atoms with Gasteiger partial charge in [-0.1, -0.05) is 187 Å². The van der Waals surface area contributed by atoms with Gasteiger partial charge in [0.2, 0.25) is 5.91 Å². The Bertz CT molecular complexity index is 761. The molecular formula is C39H81N2O7P. The maximum Gasteiger partial charge on any atom is 0.472 e. The van der Waals surface area contributed by atoms with E-state index in [4.69, 9.17) is 14.8 Å². The topological polar surface area (TPSA) is 151 Å². The standard InChI is InChI=1S/C39H81N2O7P/c1-3-5-7-9-11-13-14-15-16-17-18-19-20-21-23-24-26-28-30-36(42)34-39(44)41-37(35-48-49(45,46)47-33-32-40)38(43)31-29-27-25-22-12-10-8-6-4-2/h36-38,42-43H,3-35,40H2,1-2H3,(H,41,44)(H,45,46). The van der Waals surface area contributed by atoms with Crippen molar-refractivity contribution in [3.63, 3.8) is 0 Å². The van der Waals surface area contributed by atoms with Crippen molar-refractivity contribution in [2.45, 2.75) is 225 Å². The molecule has 0 saturated heterocycles. The van der Waals surface area contributed by atoms with Gasteiger partial charge in [-0.15, -0.1) is 0 Å². The molecule has 10 heteroatoms. The van der Waals surface area contributed by atoms with Crippen molar-refractivity contribution >= 4 is 13.7 Å². The lowest BCUT2D eigenvalue weighted by molar-refractivity contribution is -0.125. The molecule has 0 heterocycles. The molecule has 0 rings (SSSR count). The molecule has 0 saturated carbocycles. The Hall–Kier alpha value is -0.540. The summed E-state index contributed by atoms with van der Waals surface area (Å²) in [7, 11) is -4.36. The second-order valence-corrected chi connectivity index (χ2v) is 15.9. The summed E-state index contributed by atoms with van der Waals surface area (Å²) in [5, 5.41) is 24.1. The summed E-state index contributed by atoms with van der Waals surface area (Å²) in [5.41, 5.74) is 5.35. The minimum atomic E-state index is -4.36. The van der Waals surface area contributed by atoms with E-state index in [0.717, 1.165) is 38.5 Å². The van der Waals surface area contributed by atoms with Crippen LogP contribution in [0.3, 0.4) is 0 Å². The molecule has 0 radical (unpaired) electrons. The van der Waals surface area contributed by atoms with Crippen LogP contribution in [0.4, 0.5) is 0 Å². The number of amides is 1. The monoisotopic (exact) mass is 721 g/mol. The maximum absolute atomic E-state index is 12.8. The predicted molar refractivity (Wildman–Crippen MR) is 205 cm³/mol.